The zero-order chi connectivity index (χ0) is 13.9. The van der Waals surface area contributed by atoms with Crippen molar-refractivity contribution in [3.05, 3.63) is 24.3 Å². The highest BCUT2D eigenvalue weighted by molar-refractivity contribution is 6.76. The van der Waals surface area contributed by atoms with Crippen molar-refractivity contribution in [1.29, 1.82) is 0 Å². The van der Waals surface area contributed by atoms with Crippen molar-refractivity contribution in [2.75, 3.05) is 36.5 Å². The van der Waals surface area contributed by atoms with Crippen molar-refractivity contribution in [3.63, 3.8) is 0 Å². The van der Waals surface area contributed by atoms with E-state index in [4.69, 9.17) is 39.5 Å². The maximum absolute atomic E-state index is 11.5. The second kappa shape index (κ2) is 6.18. The molecule has 0 bridgehead atoms. The number of morpholine rings is 1. The highest BCUT2D eigenvalue weighted by atomic mass is 35.6. The molecule has 1 aromatic rings. The van der Waals surface area contributed by atoms with Crippen molar-refractivity contribution in [3.8, 4) is 0 Å². The number of hydrogen-bond acceptors (Lipinski definition) is 3. The molecule has 1 aromatic carbocycles. The summed E-state index contributed by atoms with van der Waals surface area (Å²) in [5, 5.41) is 2.53. The summed E-state index contributed by atoms with van der Waals surface area (Å²) in [6.07, 6.45) is 0. The van der Waals surface area contributed by atoms with Gasteiger partial charge in [0, 0.05) is 24.5 Å². The Bertz CT molecular complexity index is 439. The predicted octanol–water partition coefficient (Wildman–Crippen LogP) is 2.83. The van der Waals surface area contributed by atoms with Gasteiger partial charge in [-0.05, 0) is 24.3 Å². The Hall–Kier alpha value is -0.680. The molecule has 2 rings (SSSR count). The van der Waals surface area contributed by atoms with Crippen LogP contribution < -0.4 is 10.2 Å². The Kier molecular flexibility index (Phi) is 4.79. The smallest absolute Gasteiger partial charge is 0.276 e. The number of rotatable bonds is 2. The van der Waals surface area contributed by atoms with Gasteiger partial charge in [-0.3, -0.25) is 4.79 Å². The quantitative estimate of drug-likeness (QED) is 0.851. The molecule has 0 unspecified atom stereocenters. The van der Waals surface area contributed by atoms with Gasteiger partial charge < -0.3 is 15.0 Å². The number of nitrogens with zero attached hydrogens (tertiary/aromatic N) is 1. The average molecular weight is 324 g/mol. The second-order valence-corrected chi connectivity index (χ2v) is 6.38. The minimum absolute atomic E-state index is 0.591. The minimum atomic E-state index is -1.96. The molecule has 0 aliphatic carbocycles. The van der Waals surface area contributed by atoms with Crippen LogP contribution in [-0.4, -0.2) is 36.0 Å². The maximum atomic E-state index is 11.5. The predicted molar refractivity (Wildman–Crippen MR) is 78.4 cm³/mol. The molecule has 1 fully saturated rings. The van der Waals surface area contributed by atoms with Gasteiger partial charge in [-0.15, -0.1) is 0 Å². The number of amides is 1. The van der Waals surface area contributed by atoms with Crippen LogP contribution in [0.2, 0.25) is 0 Å². The van der Waals surface area contributed by atoms with Crippen molar-refractivity contribution in [1.82, 2.24) is 0 Å². The van der Waals surface area contributed by atoms with Crippen LogP contribution in [0.1, 0.15) is 0 Å². The second-order valence-electron chi connectivity index (χ2n) is 4.10. The topological polar surface area (TPSA) is 41.6 Å². The largest absolute Gasteiger partial charge is 0.378 e. The van der Waals surface area contributed by atoms with Crippen molar-refractivity contribution < 1.29 is 9.53 Å². The summed E-state index contributed by atoms with van der Waals surface area (Å²) in [6.45, 7) is 3.18. The summed E-state index contributed by atoms with van der Waals surface area (Å²) in [6, 6.07) is 7.39. The van der Waals surface area contributed by atoms with Crippen LogP contribution in [0, 0.1) is 0 Å². The third-order valence-electron chi connectivity index (χ3n) is 2.76. The normalized spacial score (nSPS) is 16.3. The molecule has 1 N–H and O–H groups in total. The van der Waals surface area contributed by atoms with Crippen LogP contribution in [0.25, 0.3) is 0 Å². The number of hydrogen-bond donors (Lipinski definition) is 1. The lowest BCUT2D eigenvalue weighted by Gasteiger charge is -2.28. The van der Waals surface area contributed by atoms with Gasteiger partial charge in [-0.25, -0.2) is 0 Å². The number of nitrogens with one attached hydrogen (secondary N) is 1. The van der Waals surface area contributed by atoms with E-state index in [9.17, 15) is 4.79 Å². The summed E-state index contributed by atoms with van der Waals surface area (Å²) >= 11 is 16.4. The molecule has 1 aliphatic rings. The van der Waals surface area contributed by atoms with E-state index in [-0.39, 0.29) is 0 Å². The van der Waals surface area contributed by atoms with Crippen LogP contribution in [-0.2, 0) is 9.53 Å². The number of alkyl halides is 3. The first-order valence-electron chi connectivity index (χ1n) is 5.78. The van der Waals surface area contributed by atoms with Gasteiger partial charge in [0.2, 0.25) is 0 Å². The summed E-state index contributed by atoms with van der Waals surface area (Å²) in [5.74, 6) is -0.670. The van der Waals surface area contributed by atoms with E-state index in [1.165, 1.54) is 0 Å². The highest BCUT2D eigenvalue weighted by Gasteiger charge is 2.30. The zero-order valence-corrected chi connectivity index (χ0v) is 12.3. The average Bonchev–Trinajstić information content (AvgIpc) is 2.39. The van der Waals surface area contributed by atoms with Crippen LogP contribution in [0.5, 0.6) is 0 Å². The van der Waals surface area contributed by atoms with Crippen LogP contribution >= 0.6 is 34.8 Å². The van der Waals surface area contributed by atoms with Gasteiger partial charge >= 0.3 is 0 Å². The van der Waals surface area contributed by atoms with E-state index in [0.717, 1.165) is 32.0 Å². The fourth-order valence-corrected chi connectivity index (χ4v) is 1.92. The molecule has 0 saturated carbocycles. The highest BCUT2D eigenvalue weighted by Crippen LogP contribution is 2.28. The van der Waals surface area contributed by atoms with Crippen LogP contribution in [0.3, 0.4) is 0 Å². The van der Waals surface area contributed by atoms with Gasteiger partial charge in [-0.1, -0.05) is 34.8 Å². The van der Waals surface area contributed by atoms with E-state index in [1.807, 2.05) is 12.1 Å². The van der Waals surface area contributed by atoms with E-state index < -0.39 is 9.70 Å². The molecule has 19 heavy (non-hydrogen) atoms. The Morgan fingerprint density at radius 1 is 1.16 bits per heavy atom. The van der Waals surface area contributed by atoms with Gasteiger partial charge in [0.25, 0.3) is 9.70 Å². The number of carbonyl (C=O) groups excluding carboxylic acids is 1. The van der Waals surface area contributed by atoms with Crippen molar-refractivity contribution >= 4 is 52.1 Å². The van der Waals surface area contributed by atoms with E-state index in [2.05, 4.69) is 10.2 Å². The summed E-state index contributed by atoms with van der Waals surface area (Å²) < 4.78 is 3.34. The van der Waals surface area contributed by atoms with E-state index >= 15 is 0 Å². The van der Waals surface area contributed by atoms with E-state index in [1.54, 1.807) is 12.1 Å². The van der Waals surface area contributed by atoms with Crippen molar-refractivity contribution in [2.45, 2.75) is 3.79 Å². The molecular weight excluding hydrogens is 311 g/mol. The van der Waals surface area contributed by atoms with Crippen LogP contribution in [0.15, 0.2) is 24.3 Å². The molecule has 0 radical (unpaired) electrons. The summed E-state index contributed by atoms with van der Waals surface area (Å²) in [5.41, 5.74) is 1.67. The zero-order valence-electron chi connectivity index (χ0n) is 10.0. The Morgan fingerprint density at radius 2 is 1.74 bits per heavy atom. The first kappa shape index (κ1) is 14.7. The molecule has 104 valence electrons. The Morgan fingerprint density at radius 3 is 2.26 bits per heavy atom. The van der Waals surface area contributed by atoms with Gasteiger partial charge in [0.1, 0.15) is 0 Å². The fraction of sp³-hybridized carbons (Fsp3) is 0.417. The monoisotopic (exact) mass is 322 g/mol. The summed E-state index contributed by atoms with van der Waals surface area (Å²) in [7, 11) is 0. The van der Waals surface area contributed by atoms with Gasteiger partial charge in [0.15, 0.2) is 0 Å². The number of benzene rings is 1. The Labute approximate surface area is 126 Å². The molecule has 1 saturated heterocycles. The number of ether oxygens (including phenoxy) is 1. The first-order valence-corrected chi connectivity index (χ1v) is 6.91. The molecular formula is C12H13Cl3N2O2. The first-order chi connectivity index (χ1) is 8.97. The van der Waals surface area contributed by atoms with E-state index in [0.29, 0.717) is 5.69 Å². The molecule has 1 heterocycles. The lowest BCUT2D eigenvalue weighted by molar-refractivity contribution is -0.115. The molecule has 4 nitrogen and oxygen atoms in total. The number of carbonyl (C=O) groups is 1. The van der Waals surface area contributed by atoms with Gasteiger partial charge in [0.05, 0.1) is 13.2 Å². The molecule has 7 heteroatoms. The molecule has 0 atom stereocenters. The minimum Gasteiger partial charge on any atom is -0.378 e. The number of halogens is 3. The molecule has 0 spiro atoms. The third kappa shape index (κ3) is 4.14. The SMILES string of the molecule is O=C(Nc1ccc(N2CCOCC2)cc1)C(Cl)(Cl)Cl. The molecule has 1 amide bonds. The van der Waals surface area contributed by atoms with Crippen molar-refractivity contribution in [2.24, 2.45) is 0 Å². The standard InChI is InChI=1S/C12H13Cl3N2O2/c13-12(14,15)11(18)16-9-1-3-10(4-2-9)17-5-7-19-8-6-17/h1-4H,5-8H2,(H,16,18). The fourth-order valence-electron chi connectivity index (χ4n) is 1.78. The maximum Gasteiger partial charge on any atom is 0.276 e. The lowest BCUT2D eigenvalue weighted by atomic mass is 10.2. The third-order valence-corrected chi connectivity index (χ3v) is 3.27. The summed E-state index contributed by atoms with van der Waals surface area (Å²) in [4.78, 5) is 13.7. The number of anilines is 2. The lowest BCUT2D eigenvalue weighted by Crippen LogP contribution is -2.36. The molecule has 0 aromatic heterocycles. The Balaban J connectivity index is 2.00. The van der Waals surface area contributed by atoms with Crippen LogP contribution in [0.4, 0.5) is 11.4 Å². The van der Waals surface area contributed by atoms with Gasteiger partial charge in [-0.2, -0.15) is 0 Å². The molecule has 1 aliphatic heterocycles.